The van der Waals surface area contributed by atoms with Crippen molar-refractivity contribution in [1.82, 2.24) is 4.90 Å². The van der Waals surface area contributed by atoms with Crippen molar-refractivity contribution in [3.05, 3.63) is 46.3 Å². The number of imide groups is 1. The maximum atomic E-state index is 12.6. The molecular formula is C16H20N4O3. The van der Waals surface area contributed by atoms with Crippen LogP contribution in [-0.2, 0) is 16.0 Å². The lowest BCUT2D eigenvalue weighted by Crippen LogP contribution is -2.45. The Bertz CT molecular complexity index is 611. The van der Waals surface area contributed by atoms with Crippen LogP contribution in [0.4, 0.5) is 4.79 Å². The Morgan fingerprint density at radius 1 is 1.43 bits per heavy atom. The van der Waals surface area contributed by atoms with Crippen molar-refractivity contribution in [1.29, 1.82) is 0 Å². The van der Waals surface area contributed by atoms with Crippen LogP contribution in [-0.4, -0.2) is 35.6 Å². The molecule has 1 heterocycles. The molecule has 7 nitrogen and oxygen atoms in total. The molecule has 0 N–H and O–H groups in total. The molecule has 0 radical (unpaired) electrons. The van der Waals surface area contributed by atoms with Gasteiger partial charge in [-0.3, -0.25) is 4.79 Å². The van der Waals surface area contributed by atoms with E-state index < -0.39 is 18.0 Å². The first-order valence-electron chi connectivity index (χ1n) is 7.61. The zero-order chi connectivity index (χ0) is 16.8. The Kier molecular flexibility index (Phi) is 5.60. The minimum absolute atomic E-state index is 0.157. The molecule has 23 heavy (non-hydrogen) atoms. The van der Waals surface area contributed by atoms with Gasteiger partial charge >= 0.3 is 6.09 Å². The van der Waals surface area contributed by atoms with Gasteiger partial charge in [-0.2, -0.15) is 0 Å². The summed E-state index contributed by atoms with van der Waals surface area (Å²) in [6, 6.07) is 8.32. The molecule has 0 aliphatic carbocycles. The van der Waals surface area contributed by atoms with Crippen LogP contribution in [0.3, 0.4) is 0 Å². The second-order valence-electron chi connectivity index (χ2n) is 5.98. The van der Waals surface area contributed by atoms with Crippen LogP contribution in [0.15, 0.2) is 35.4 Å². The Hall–Kier alpha value is -2.53. The molecule has 122 valence electrons. The van der Waals surface area contributed by atoms with Gasteiger partial charge in [-0.1, -0.05) is 49.3 Å². The Morgan fingerprint density at radius 2 is 2.13 bits per heavy atom. The van der Waals surface area contributed by atoms with Gasteiger partial charge < -0.3 is 4.74 Å². The first-order valence-corrected chi connectivity index (χ1v) is 7.61. The van der Waals surface area contributed by atoms with Crippen LogP contribution in [0.5, 0.6) is 0 Å². The van der Waals surface area contributed by atoms with Gasteiger partial charge in [0.25, 0.3) is 0 Å². The molecule has 2 amide bonds. The number of nitrogens with zero attached hydrogens (tertiary/aromatic N) is 4. The van der Waals surface area contributed by atoms with Crippen LogP contribution in [0, 0.1) is 5.92 Å². The van der Waals surface area contributed by atoms with E-state index in [1.165, 1.54) is 0 Å². The van der Waals surface area contributed by atoms with Crippen molar-refractivity contribution in [3.63, 3.8) is 0 Å². The van der Waals surface area contributed by atoms with Crippen molar-refractivity contribution < 1.29 is 14.3 Å². The molecule has 2 rings (SSSR count). The van der Waals surface area contributed by atoms with E-state index in [4.69, 9.17) is 10.3 Å². The van der Waals surface area contributed by atoms with Crippen molar-refractivity contribution >= 4 is 12.0 Å². The van der Waals surface area contributed by atoms with E-state index in [0.717, 1.165) is 10.5 Å². The fourth-order valence-electron chi connectivity index (χ4n) is 2.63. The molecule has 7 heteroatoms. The molecule has 1 aliphatic rings. The van der Waals surface area contributed by atoms with Gasteiger partial charge in [0.15, 0.2) is 0 Å². The highest BCUT2D eigenvalue weighted by molar-refractivity contribution is 5.96. The van der Waals surface area contributed by atoms with Gasteiger partial charge in [0.2, 0.25) is 5.91 Å². The molecule has 1 aromatic carbocycles. The van der Waals surface area contributed by atoms with Crippen LogP contribution in [0.1, 0.15) is 25.8 Å². The Balaban J connectivity index is 2.17. The molecule has 1 fully saturated rings. The van der Waals surface area contributed by atoms with Crippen LogP contribution in [0.25, 0.3) is 10.4 Å². The normalized spacial score (nSPS) is 18.5. The van der Waals surface area contributed by atoms with Gasteiger partial charge in [0.1, 0.15) is 12.6 Å². The van der Waals surface area contributed by atoms with Gasteiger partial charge in [-0.15, -0.1) is 0 Å². The van der Waals surface area contributed by atoms with E-state index >= 15 is 0 Å². The summed E-state index contributed by atoms with van der Waals surface area (Å²) in [5, 5.41) is 3.57. The first-order chi connectivity index (χ1) is 11.0. The number of amides is 2. The summed E-state index contributed by atoms with van der Waals surface area (Å²) in [7, 11) is 0. The average Bonchev–Trinajstić information content (AvgIpc) is 2.87. The predicted octanol–water partition coefficient (Wildman–Crippen LogP) is 3.30. The van der Waals surface area contributed by atoms with Crippen LogP contribution < -0.4 is 0 Å². The summed E-state index contributed by atoms with van der Waals surface area (Å²) >= 11 is 0. The van der Waals surface area contributed by atoms with Crippen molar-refractivity contribution in [2.75, 3.05) is 6.61 Å². The summed E-state index contributed by atoms with van der Waals surface area (Å²) in [4.78, 5) is 28.4. The Labute approximate surface area is 134 Å². The zero-order valence-electron chi connectivity index (χ0n) is 13.3. The lowest BCUT2D eigenvalue weighted by Gasteiger charge is -2.23. The lowest BCUT2D eigenvalue weighted by atomic mass is 10.0. The maximum Gasteiger partial charge on any atom is 0.416 e. The van der Waals surface area contributed by atoms with Gasteiger partial charge in [0, 0.05) is 4.91 Å². The number of carbonyl (C=O) groups excluding carboxylic acids is 2. The van der Waals surface area contributed by atoms with Crippen molar-refractivity contribution in [2.24, 2.45) is 11.0 Å². The smallest absolute Gasteiger partial charge is 0.416 e. The van der Waals surface area contributed by atoms with Crippen molar-refractivity contribution in [2.45, 2.75) is 38.8 Å². The second-order valence-corrected chi connectivity index (χ2v) is 5.98. The molecular weight excluding hydrogens is 296 g/mol. The third kappa shape index (κ3) is 4.23. The molecule has 0 unspecified atom stereocenters. The summed E-state index contributed by atoms with van der Waals surface area (Å²) in [5.74, 6) is -0.319. The second kappa shape index (κ2) is 7.65. The van der Waals surface area contributed by atoms with E-state index in [2.05, 4.69) is 10.0 Å². The lowest BCUT2D eigenvalue weighted by molar-refractivity contribution is -0.130. The number of carbonyl (C=O) groups is 2. The SMILES string of the molecule is CC(C)C[C@@H](N=[N+]=[N-])C(=O)N1C(=O)OC[C@@H]1Cc1ccccc1. The maximum absolute atomic E-state index is 12.6. The minimum Gasteiger partial charge on any atom is -0.447 e. The van der Waals surface area contributed by atoms with E-state index in [9.17, 15) is 9.59 Å². The van der Waals surface area contributed by atoms with E-state index in [0.29, 0.717) is 12.8 Å². The third-order valence-electron chi connectivity index (χ3n) is 3.68. The molecule has 1 aliphatic heterocycles. The Morgan fingerprint density at radius 3 is 2.74 bits per heavy atom. The van der Waals surface area contributed by atoms with Crippen LogP contribution >= 0.6 is 0 Å². The summed E-state index contributed by atoms with van der Waals surface area (Å²) in [6.07, 6.45) is 0.242. The number of cyclic esters (lactones) is 1. The first kappa shape index (κ1) is 16.8. The predicted molar refractivity (Wildman–Crippen MR) is 84.5 cm³/mol. The number of rotatable bonds is 6. The van der Waals surface area contributed by atoms with E-state index in [-0.39, 0.29) is 18.6 Å². The van der Waals surface area contributed by atoms with E-state index in [1.807, 2.05) is 44.2 Å². The molecule has 2 atom stereocenters. The molecule has 1 saturated heterocycles. The van der Waals surface area contributed by atoms with E-state index in [1.54, 1.807) is 0 Å². The number of hydrogen-bond acceptors (Lipinski definition) is 4. The fourth-order valence-corrected chi connectivity index (χ4v) is 2.63. The number of benzene rings is 1. The summed E-state index contributed by atoms with van der Waals surface area (Å²) < 4.78 is 5.04. The van der Waals surface area contributed by atoms with Gasteiger partial charge in [0.05, 0.1) is 6.04 Å². The molecule has 0 saturated carbocycles. The fraction of sp³-hybridized carbons (Fsp3) is 0.500. The monoisotopic (exact) mass is 316 g/mol. The van der Waals surface area contributed by atoms with Gasteiger partial charge in [-0.05, 0) is 29.9 Å². The average molecular weight is 316 g/mol. The molecule has 0 aromatic heterocycles. The highest BCUT2D eigenvalue weighted by atomic mass is 16.6. The standard InChI is InChI=1S/C16H20N4O3/c1-11(2)8-14(18-19-17)15(21)20-13(10-23-16(20)22)9-12-6-4-3-5-7-12/h3-7,11,13-14H,8-10H2,1-2H3/t13-,14+/m0/s1. The molecule has 0 bridgehead atoms. The highest BCUT2D eigenvalue weighted by Gasteiger charge is 2.40. The largest absolute Gasteiger partial charge is 0.447 e. The third-order valence-corrected chi connectivity index (χ3v) is 3.68. The number of ether oxygens (including phenoxy) is 1. The quantitative estimate of drug-likeness (QED) is 0.457. The highest BCUT2D eigenvalue weighted by Crippen LogP contribution is 2.21. The minimum atomic E-state index is -0.885. The topological polar surface area (TPSA) is 95.4 Å². The number of azide groups is 1. The van der Waals surface area contributed by atoms with Gasteiger partial charge in [-0.25, -0.2) is 9.69 Å². The summed E-state index contributed by atoms with van der Waals surface area (Å²) in [5.41, 5.74) is 9.69. The zero-order valence-corrected chi connectivity index (χ0v) is 13.3. The van der Waals surface area contributed by atoms with Crippen molar-refractivity contribution in [3.8, 4) is 0 Å². The summed E-state index contributed by atoms with van der Waals surface area (Å²) in [6.45, 7) is 4.01. The van der Waals surface area contributed by atoms with Crippen LogP contribution in [0.2, 0.25) is 0 Å². The molecule has 0 spiro atoms. The number of hydrogen-bond donors (Lipinski definition) is 0. The molecule has 1 aromatic rings.